The van der Waals surface area contributed by atoms with Gasteiger partial charge < -0.3 is 20.6 Å². The number of hydrogen-bond acceptors (Lipinski definition) is 3. The van der Waals surface area contributed by atoms with Gasteiger partial charge in [0.15, 0.2) is 0 Å². The van der Waals surface area contributed by atoms with Crippen LogP contribution in [-0.2, 0) is 0 Å². The number of carbonyl (C=O) groups is 1. The van der Waals surface area contributed by atoms with Crippen LogP contribution in [0.2, 0.25) is 0 Å². The molecule has 0 aliphatic heterocycles. The van der Waals surface area contributed by atoms with E-state index in [4.69, 9.17) is 0 Å². The molecule has 0 aromatic heterocycles. The normalized spacial score (nSPS) is 18.1. The first-order chi connectivity index (χ1) is 11.3. The highest BCUT2D eigenvalue weighted by atomic mass is 19.1. The molecule has 1 aliphatic rings. The lowest BCUT2D eigenvalue weighted by Gasteiger charge is -2.30. The topological polar surface area (TPSA) is 64.6 Å². The first-order valence-corrected chi connectivity index (χ1v) is 8.05. The molecule has 3 N–H and O–H groups in total. The van der Waals surface area contributed by atoms with Crippen LogP contribution in [0, 0.1) is 17.6 Å². The molecule has 2 atom stereocenters. The molecule has 134 valence electrons. The fourth-order valence-electron chi connectivity index (χ4n) is 2.86. The van der Waals surface area contributed by atoms with E-state index in [-0.39, 0.29) is 24.6 Å². The molecule has 2 rings (SSSR count). The summed E-state index contributed by atoms with van der Waals surface area (Å²) < 4.78 is 28.0. The average Bonchev–Trinajstić information content (AvgIpc) is 3.34. The monoisotopic (exact) mass is 341 g/mol. The molecule has 1 saturated carbocycles. The summed E-state index contributed by atoms with van der Waals surface area (Å²) in [6.45, 7) is 1.69. The lowest BCUT2D eigenvalue weighted by Crippen LogP contribution is -2.54. The van der Waals surface area contributed by atoms with Gasteiger partial charge in [-0.15, -0.1) is 0 Å². The summed E-state index contributed by atoms with van der Waals surface area (Å²) in [5, 5.41) is 14.9. The van der Waals surface area contributed by atoms with Gasteiger partial charge in [-0.3, -0.25) is 0 Å². The number of aliphatic hydroxyl groups excluding tert-OH is 1. The first kappa shape index (κ1) is 18.6. The quantitative estimate of drug-likeness (QED) is 0.711. The van der Waals surface area contributed by atoms with Crippen molar-refractivity contribution in [2.45, 2.75) is 31.3 Å². The SMILES string of the molecule is CN(C)C(CNC(=O)NC(C)(CO)C1CC1)c1c(F)cccc1F. The number of aliphatic hydroxyl groups is 1. The summed E-state index contributed by atoms with van der Waals surface area (Å²) in [5.74, 6) is -1.02. The van der Waals surface area contributed by atoms with Gasteiger partial charge in [0.2, 0.25) is 0 Å². The first-order valence-electron chi connectivity index (χ1n) is 8.05. The Morgan fingerprint density at radius 1 is 1.38 bits per heavy atom. The zero-order chi connectivity index (χ0) is 17.9. The minimum atomic E-state index is -0.666. The van der Waals surface area contributed by atoms with Crippen LogP contribution in [-0.4, -0.2) is 48.8 Å². The Labute approximate surface area is 141 Å². The molecule has 0 saturated heterocycles. The van der Waals surface area contributed by atoms with Gasteiger partial charge >= 0.3 is 6.03 Å². The fraction of sp³-hybridized carbons (Fsp3) is 0.588. The van der Waals surface area contributed by atoms with Gasteiger partial charge in [-0.05, 0) is 51.9 Å². The Kier molecular flexibility index (Phi) is 5.77. The Morgan fingerprint density at radius 2 is 1.96 bits per heavy atom. The molecule has 0 heterocycles. The van der Waals surface area contributed by atoms with Crippen molar-refractivity contribution in [1.29, 1.82) is 0 Å². The molecular formula is C17H25F2N3O2. The number of nitrogens with zero attached hydrogens (tertiary/aromatic N) is 1. The maximum atomic E-state index is 14.0. The third-order valence-corrected chi connectivity index (χ3v) is 4.62. The van der Waals surface area contributed by atoms with Gasteiger partial charge in [0, 0.05) is 12.1 Å². The molecule has 1 aromatic rings. The summed E-state index contributed by atoms with van der Waals surface area (Å²) in [6.07, 6.45) is 1.94. The molecule has 5 nitrogen and oxygen atoms in total. The molecule has 24 heavy (non-hydrogen) atoms. The van der Waals surface area contributed by atoms with Gasteiger partial charge in [0.25, 0.3) is 0 Å². The fourth-order valence-corrected chi connectivity index (χ4v) is 2.86. The molecule has 0 bridgehead atoms. The second-order valence-corrected chi connectivity index (χ2v) is 6.80. The van der Waals surface area contributed by atoms with E-state index < -0.39 is 29.2 Å². The van der Waals surface area contributed by atoms with Crippen molar-refractivity contribution in [3.63, 3.8) is 0 Å². The van der Waals surface area contributed by atoms with E-state index in [0.29, 0.717) is 0 Å². The van der Waals surface area contributed by atoms with Crippen molar-refractivity contribution in [2.24, 2.45) is 5.92 Å². The summed E-state index contributed by atoms with van der Waals surface area (Å²) in [5.41, 5.74) is -0.740. The second-order valence-electron chi connectivity index (χ2n) is 6.80. The van der Waals surface area contributed by atoms with Gasteiger partial charge in [-0.1, -0.05) is 6.07 Å². The standard InChI is InChI=1S/C17H25F2N3O2/c1-17(10-23,11-7-8-11)21-16(24)20-9-14(22(2)3)15-12(18)5-4-6-13(15)19/h4-6,11,14,23H,7-10H2,1-3H3,(H2,20,21,24). The predicted octanol–water partition coefficient (Wildman–Crippen LogP) is 2.03. The minimum absolute atomic E-state index is 0.0445. The smallest absolute Gasteiger partial charge is 0.315 e. The Balaban J connectivity index is 2.03. The zero-order valence-electron chi connectivity index (χ0n) is 14.3. The highest BCUT2D eigenvalue weighted by Gasteiger charge is 2.42. The third kappa shape index (κ3) is 4.21. The van der Waals surface area contributed by atoms with Crippen LogP contribution in [0.5, 0.6) is 0 Å². The van der Waals surface area contributed by atoms with E-state index in [0.717, 1.165) is 12.8 Å². The number of hydrogen-bond donors (Lipinski definition) is 3. The number of rotatable bonds is 7. The van der Waals surface area contributed by atoms with E-state index in [1.807, 2.05) is 0 Å². The molecule has 7 heteroatoms. The van der Waals surface area contributed by atoms with Crippen LogP contribution < -0.4 is 10.6 Å². The highest BCUT2D eigenvalue weighted by molar-refractivity contribution is 5.75. The lowest BCUT2D eigenvalue weighted by molar-refractivity contribution is 0.154. The summed E-state index contributed by atoms with van der Waals surface area (Å²) in [6, 6.07) is 2.61. The van der Waals surface area contributed by atoms with E-state index in [9.17, 15) is 18.7 Å². The van der Waals surface area contributed by atoms with E-state index in [1.54, 1.807) is 25.9 Å². The van der Waals surface area contributed by atoms with Crippen molar-refractivity contribution in [2.75, 3.05) is 27.2 Å². The van der Waals surface area contributed by atoms with Crippen molar-refractivity contribution in [3.05, 3.63) is 35.4 Å². The molecule has 2 amide bonds. The maximum Gasteiger partial charge on any atom is 0.315 e. The van der Waals surface area contributed by atoms with Gasteiger partial charge in [-0.25, -0.2) is 13.6 Å². The number of halogens is 2. The van der Waals surface area contributed by atoms with Crippen molar-refractivity contribution in [1.82, 2.24) is 15.5 Å². The molecule has 2 unspecified atom stereocenters. The molecule has 0 radical (unpaired) electrons. The van der Waals surface area contributed by atoms with Crippen LogP contribution in [0.3, 0.4) is 0 Å². The van der Waals surface area contributed by atoms with Crippen LogP contribution in [0.25, 0.3) is 0 Å². The van der Waals surface area contributed by atoms with E-state index in [2.05, 4.69) is 10.6 Å². The Bertz CT molecular complexity index is 573. The van der Waals surface area contributed by atoms with E-state index >= 15 is 0 Å². The van der Waals surface area contributed by atoms with Crippen LogP contribution in [0.1, 0.15) is 31.4 Å². The second kappa shape index (κ2) is 7.44. The summed E-state index contributed by atoms with van der Waals surface area (Å²) in [7, 11) is 3.39. The Hall–Kier alpha value is -1.73. The van der Waals surface area contributed by atoms with Crippen molar-refractivity contribution in [3.8, 4) is 0 Å². The van der Waals surface area contributed by atoms with Crippen molar-refractivity contribution >= 4 is 6.03 Å². The Morgan fingerprint density at radius 3 is 2.42 bits per heavy atom. The number of benzene rings is 1. The molecule has 1 aliphatic carbocycles. The number of urea groups is 1. The average molecular weight is 341 g/mol. The largest absolute Gasteiger partial charge is 0.394 e. The van der Waals surface area contributed by atoms with Gasteiger partial charge in [0.05, 0.1) is 18.2 Å². The van der Waals surface area contributed by atoms with Gasteiger partial charge in [-0.2, -0.15) is 0 Å². The maximum absolute atomic E-state index is 14.0. The molecule has 1 aromatic carbocycles. The minimum Gasteiger partial charge on any atom is -0.394 e. The van der Waals surface area contributed by atoms with Crippen LogP contribution in [0.4, 0.5) is 13.6 Å². The zero-order valence-corrected chi connectivity index (χ0v) is 14.3. The van der Waals surface area contributed by atoms with Gasteiger partial charge in [0.1, 0.15) is 11.6 Å². The number of amides is 2. The summed E-state index contributed by atoms with van der Waals surface area (Å²) >= 11 is 0. The molecular weight excluding hydrogens is 316 g/mol. The molecule has 0 spiro atoms. The number of likely N-dealkylation sites (N-methyl/N-ethyl adjacent to an activating group) is 1. The molecule has 1 fully saturated rings. The number of nitrogens with one attached hydrogen (secondary N) is 2. The number of carbonyl (C=O) groups excluding carboxylic acids is 1. The third-order valence-electron chi connectivity index (χ3n) is 4.62. The summed E-state index contributed by atoms with van der Waals surface area (Å²) in [4.78, 5) is 13.8. The van der Waals surface area contributed by atoms with Crippen LogP contribution >= 0.6 is 0 Å². The van der Waals surface area contributed by atoms with E-state index in [1.165, 1.54) is 18.2 Å². The predicted molar refractivity (Wildman–Crippen MR) is 87.5 cm³/mol. The van der Waals surface area contributed by atoms with Crippen molar-refractivity contribution < 1.29 is 18.7 Å². The highest BCUT2D eigenvalue weighted by Crippen LogP contribution is 2.39. The van der Waals surface area contributed by atoms with Crippen LogP contribution in [0.15, 0.2) is 18.2 Å². The lowest BCUT2D eigenvalue weighted by atomic mass is 9.97.